The summed E-state index contributed by atoms with van der Waals surface area (Å²) in [7, 11) is 0. The highest BCUT2D eigenvalue weighted by Crippen LogP contribution is 2.20. The second-order valence-corrected chi connectivity index (χ2v) is 7.86. The Bertz CT molecular complexity index is 755. The highest BCUT2D eigenvalue weighted by Gasteiger charge is 2.19. The zero-order valence-corrected chi connectivity index (χ0v) is 15.9. The van der Waals surface area contributed by atoms with Crippen LogP contribution in [0.5, 0.6) is 0 Å². The molecule has 3 rings (SSSR count). The lowest BCUT2D eigenvalue weighted by molar-refractivity contribution is 0.0931. The number of rotatable bonds is 5. The molecule has 2 aromatic rings. The molecule has 0 spiro atoms. The molecule has 1 aliphatic rings. The van der Waals surface area contributed by atoms with Crippen LogP contribution in [-0.4, -0.2) is 28.1 Å². The maximum Gasteiger partial charge on any atom is 0.282 e. The molecule has 1 aliphatic carbocycles. The summed E-state index contributed by atoms with van der Waals surface area (Å²) in [5, 5.41) is 19.5. The van der Waals surface area contributed by atoms with E-state index in [4.69, 9.17) is 5.14 Å². The van der Waals surface area contributed by atoms with Crippen LogP contribution in [0.3, 0.4) is 0 Å². The van der Waals surface area contributed by atoms with Gasteiger partial charge >= 0.3 is 0 Å². The Balaban J connectivity index is 1.57. The largest absolute Gasteiger partial charge is 0.347 e. The quantitative estimate of drug-likeness (QED) is 0.533. The Morgan fingerprint density at radius 3 is 2.38 bits per heavy atom. The van der Waals surface area contributed by atoms with Crippen LogP contribution in [0.2, 0.25) is 0 Å². The van der Waals surface area contributed by atoms with Crippen molar-refractivity contribution in [3.63, 3.8) is 0 Å². The van der Waals surface area contributed by atoms with Crippen molar-refractivity contribution in [2.75, 3.05) is 5.32 Å². The van der Waals surface area contributed by atoms with Gasteiger partial charge < -0.3 is 5.32 Å². The van der Waals surface area contributed by atoms with E-state index in [9.17, 15) is 9.59 Å². The molecule has 1 aromatic carbocycles. The molecule has 0 bridgehead atoms. The van der Waals surface area contributed by atoms with E-state index in [1.807, 2.05) is 0 Å². The molecule has 2 amide bonds. The van der Waals surface area contributed by atoms with E-state index in [0.717, 1.165) is 53.9 Å². The van der Waals surface area contributed by atoms with Crippen molar-refractivity contribution in [2.24, 2.45) is 5.14 Å². The standard InChI is InChI=1S/C17H21N5O2S2/c18-26-13-9-7-11(8-10-13)14(23)20-17-22-21-16(25-17)15(24)19-12-5-3-1-2-4-6-12/h7-10,12H,1-6,18H2,(H,19,24)(H,20,22,23). The predicted molar refractivity (Wildman–Crippen MR) is 103 cm³/mol. The second kappa shape index (κ2) is 9.11. The number of hydrogen-bond donors (Lipinski definition) is 3. The fourth-order valence-corrected chi connectivity index (χ4v) is 3.83. The molecule has 26 heavy (non-hydrogen) atoms. The average molecular weight is 392 g/mol. The van der Waals surface area contributed by atoms with E-state index in [2.05, 4.69) is 20.8 Å². The zero-order valence-electron chi connectivity index (χ0n) is 14.2. The molecule has 9 heteroatoms. The fourth-order valence-electron chi connectivity index (χ4n) is 2.89. The van der Waals surface area contributed by atoms with Crippen LogP contribution in [0, 0.1) is 0 Å². The molecule has 1 aromatic heterocycles. The molecule has 0 unspecified atom stereocenters. The molecule has 1 fully saturated rings. The van der Waals surface area contributed by atoms with Gasteiger partial charge in [-0.15, -0.1) is 10.2 Å². The van der Waals surface area contributed by atoms with Gasteiger partial charge in [-0.05, 0) is 49.1 Å². The first-order valence-electron chi connectivity index (χ1n) is 8.58. The van der Waals surface area contributed by atoms with Gasteiger partial charge in [0.05, 0.1) is 0 Å². The normalized spacial score (nSPS) is 15.3. The van der Waals surface area contributed by atoms with Crippen LogP contribution < -0.4 is 15.8 Å². The summed E-state index contributed by atoms with van der Waals surface area (Å²) >= 11 is 2.19. The van der Waals surface area contributed by atoms with Crippen molar-refractivity contribution in [1.29, 1.82) is 0 Å². The smallest absolute Gasteiger partial charge is 0.282 e. The number of amides is 2. The first-order valence-corrected chi connectivity index (χ1v) is 10.3. The Morgan fingerprint density at radius 2 is 1.73 bits per heavy atom. The molecule has 7 nitrogen and oxygen atoms in total. The molecule has 0 atom stereocenters. The topological polar surface area (TPSA) is 110 Å². The number of carbonyl (C=O) groups is 2. The van der Waals surface area contributed by atoms with Crippen molar-refractivity contribution >= 4 is 40.2 Å². The van der Waals surface area contributed by atoms with Gasteiger partial charge in [-0.1, -0.05) is 37.0 Å². The zero-order chi connectivity index (χ0) is 18.4. The monoisotopic (exact) mass is 391 g/mol. The third kappa shape index (κ3) is 5.03. The van der Waals surface area contributed by atoms with Gasteiger partial charge in [0.25, 0.3) is 11.8 Å². The molecule has 0 radical (unpaired) electrons. The number of aromatic nitrogens is 2. The number of anilines is 1. The van der Waals surface area contributed by atoms with Crippen LogP contribution in [-0.2, 0) is 0 Å². The lowest BCUT2D eigenvalue weighted by atomic mass is 10.1. The maximum absolute atomic E-state index is 12.3. The lowest BCUT2D eigenvalue weighted by Crippen LogP contribution is -2.34. The van der Waals surface area contributed by atoms with E-state index in [1.165, 1.54) is 12.8 Å². The van der Waals surface area contributed by atoms with Crippen LogP contribution in [0.1, 0.15) is 58.7 Å². The summed E-state index contributed by atoms with van der Waals surface area (Å²) in [6.45, 7) is 0. The molecule has 0 aliphatic heterocycles. The Kier molecular flexibility index (Phi) is 6.59. The first kappa shape index (κ1) is 18.8. The average Bonchev–Trinajstić information content (AvgIpc) is 2.97. The Hall–Kier alpha value is -1.97. The van der Waals surface area contributed by atoms with E-state index in [-0.39, 0.29) is 22.9 Å². The van der Waals surface area contributed by atoms with Crippen molar-refractivity contribution in [2.45, 2.75) is 49.5 Å². The van der Waals surface area contributed by atoms with Crippen LogP contribution in [0.15, 0.2) is 29.2 Å². The fraction of sp³-hybridized carbons (Fsp3) is 0.412. The van der Waals surface area contributed by atoms with E-state index < -0.39 is 0 Å². The summed E-state index contributed by atoms with van der Waals surface area (Å²) in [5.74, 6) is -0.523. The minimum absolute atomic E-state index is 0.200. The molecular formula is C17H21N5O2S2. The van der Waals surface area contributed by atoms with Gasteiger partial charge in [0.2, 0.25) is 10.1 Å². The van der Waals surface area contributed by atoms with Gasteiger partial charge in [-0.2, -0.15) is 0 Å². The molecule has 1 saturated carbocycles. The first-order chi connectivity index (χ1) is 12.7. The molecule has 138 valence electrons. The van der Waals surface area contributed by atoms with Crippen LogP contribution in [0.4, 0.5) is 5.13 Å². The molecule has 0 saturated heterocycles. The lowest BCUT2D eigenvalue weighted by Gasteiger charge is -2.14. The number of benzene rings is 1. The van der Waals surface area contributed by atoms with Crippen molar-refractivity contribution in [1.82, 2.24) is 15.5 Å². The van der Waals surface area contributed by atoms with Crippen LogP contribution >= 0.6 is 23.3 Å². The van der Waals surface area contributed by atoms with Crippen LogP contribution in [0.25, 0.3) is 0 Å². The van der Waals surface area contributed by atoms with E-state index in [0.29, 0.717) is 10.7 Å². The molecular weight excluding hydrogens is 370 g/mol. The summed E-state index contributed by atoms with van der Waals surface area (Å²) in [6.07, 6.45) is 6.75. The maximum atomic E-state index is 12.3. The minimum atomic E-state index is -0.301. The third-order valence-electron chi connectivity index (χ3n) is 4.28. The van der Waals surface area contributed by atoms with Crippen molar-refractivity contribution < 1.29 is 9.59 Å². The van der Waals surface area contributed by atoms with Crippen molar-refractivity contribution in [3.8, 4) is 0 Å². The molecule has 4 N–H and O–H groups in total. The summed E-state index contributed by atoms with van der Waals surface area (Å²) < 4.78 is 0. The highest BCUT2D eigenvalue weighted by molar-refractivity contribution is 7.97. The summed E-state index contributed by atoms with van der Waals surface area (Å²) in [6, 6.07) is 7.11. The third-order valence-corrected chi connectivity index (χ3v) is 5.66. The Morgan fingerprint density at radius 1 is 1.04 bits per heavy atom. The predicted octanol–water partition coefficient (Wildman–Crippen LogP) is 3.21. The number of hydrogen-bond acceptors (Lipinski definition) is 7. The van der Waals surface area contributed by atoms with Gasteiger partial charge in [-0.25, -0.2) is 0 Å². The number of nitrogens with two attached hydrogens (primary N) is 1. The SMILES string of the molecule is NSc1ccc(C(=O)Nc2nnc(C(=O)NC3CCCCCC3)s2)cc1. The molecule has 1 heterocycles. The van der Waals surface area contributed by atoms with Gasteiger partial charge in [0.15, 0.2) is 0 Å². The highest BCUT2D eigenvalue weighted by atomic mass is 32.2. The van der Waals surface area contributed by atoms with Gasteiger partial charge in [0, 0.05) is 16.5 Å². The second-order valence-electron chi connectivity index (χ2n) is 6.17. The minimum Gasteiger partial charge on any atom is -0.347 e. The van der Waals surface area contributed by atoms with E-state index in [1.54, 1.807) is 24.3 Å². The van der Waals surface area contributed by atoms with Gasteiger partial charge in [-0.3, -0.25) is 20.0 Å². The van der Waals surface area contributed by atoms with Crippen molar-refractivity contribution in [3.05, 3.63) is 34.8 Å². The van der Waals surface area contributed by atoms with Gasteiger partial charge in [0.1, 0.15) is 0 Å². The number of nitrogens with one attached hydrogen (secondary N) is 2. The van der Waals surface area contributed by atoms with E-state index >= 15 is 0 Å². The number of carbonyl (C=O) groups excluding carboxylic acids is 2. The number of nitrogens with zero attached hydrogens (tertiary/aromatic N) is 2. The summed E-state index contributed by atoms with van der Waals surface area (Å²) in [4.78, 5) is 25.4. The summed E-state index contributed by atoms with van der Waals surface area (Å²) in [5.41, 5.74) is 0.488. The Labute approximate surface area is 160 Å².